The van der Waals surface area contributed by atoms with Crippen LogP contribution in [0.2, 0.25) is 0 Å². The van der Waals surface area contributed by atoms with E-state index in [0.717, 1.165) is 25.2 Å². The predicted octanol–water partition coefficient (Wildman–Crippen LogP) is 0.862. The highest BCUT2D eigenvalue weighted by molar-refractivity contribution is 5.94. The zero-order valence-corrected chi connectivity index (χ0v) is 13.2. The van der Waals surface area contributed by atoms with Gasteiger partial charge in [0.2, 0.25) is 5.91 Å². The van der Waals surface area contributed by atoms with Crippen molar-refractivity contribution in [2.45, 2.75) is 6.42 Å². The number of amides is 2. The van der Waals surface area contributed by atoms with E-state index >= 15 is 0 Å². The van der Waals surface area contributed by atoms with Gasteiger partial charge in [-0.3, -0.25) is 14.5 Å². The highest BCUT2D eigenvalue weighted by Gasteiger charge is 2.20. The molecule has 1 aromatic carbocycles. The van der Waals surface area contributed by atoms with Crippen LogP contribution in [0.1, 0.15) is 16.8 Å². The van der Waals surface area contributed by atoms with Crippen molar-refractivity contribution in [2.75, 3.05) is 39.3 Å². The summed E-state index contributed by atoms with van der Waals surface area (Å²) in [4.78, 5) is 27.7. The van der Waals surface area contributed by atoms with Crippen LogP contribution < -0.4 is 5.32 Å². The molecule has 1 heterocycles. The van der Waals surface area contributed by atoms with Crippen molar-refractivity contribution in [1.29, 1.82) is 0 Å². The highest BCUT2D eigenvalue weighted by atomic mass is 19.1. The molecule has 1 N–H and O–H groups in total. The van der Waals surface area contributed by atoms with E-state index in [9.17, 15) is 18.4 Å². The van der Waals surface area contributed by atoms with Gasteiger partial charge in [-0.1, -0.05) is 5.92 Å². The molecule has 0 unspecified atom stereocenters. The van der Waals surface area contributed by atoms with Crippen molar-refractivity contribution in [1.82, 2.24) is 15.1 Å². The molecule has 1 aliphatic rings. The van der Waals surface area contributed by atoms with Gasteiger partial charge >= 0.3 is 0 Å². The zero-order chi connectivity index (χ0) is 17.5. The van der Waals surface area contributed by atoms with Gasteiger partial charge in [-0.2, -0.15) is 0 Å². The summed E-state index contributed by atoms with van der Waals surface area (Å²) in [5.41, 5.74) is -0.244. The summed E-state index contributed by atoms with van der Waals surface area (Å²) >= 11 is 0. The Hall–Kier alpha value is -2.46. The van der Waals surface area contributed by atoms with Crippen LogP contribution in [0.5, 0.6) is 0 Å². The van der Waals surface area contributed by atoms with Gasteiger partial charge in [0.15, 0.2) is 0 Å². The number of nitrogens with one attached hydrogen (secondary N) is 1. The second-order valence-corrected chi connectivity index (χ2v) is 5.49. The average molecular weight is 335 g/mol. The number of carbonyl (C=O) groups excluding carboxylic acids is 2. The maximum atomic E-state index is 13.5. The Morgan fingerprint density at radius 3 is 2.54 bits per heavy atom. The molecule has 2 amide bonds. The van der Waals surface area contributed by atoms with Crippen LogP contribution in [-0.4, -0.2) is 60.9 Å². The minimum Gasteiger partial charge on any atom is -0.351 e. The van der Waals surface area contributed by atoms with Gasteiger partial charge < -0.3 is 10.2 Å². The maximum Gasteiger partial charge on any atom is 0.254 e. The molecule has 1 aliphatic heterocycles. The first-order chi connectivity index (χ1) is 11.5. The summed E-state index contributed by atoms with van der Waals surface area (Å²) in [5.74, 6) is 0.157. The van der Waals surface area contributed by atoms with Crippen molar-refractivity contribution < 1.29 is 18.4 Å². The molecule has 0 spiro atoms. The Balaban J connectivity index is 1.75. The molecule has 24 heavy (non-hydrogen) atoms. The van der Waals surface area contributed by atoms with Crippen LogP contribution in [0.25, 0.3) is 0 Å². The van der Waals surface area contributed by atoms with E-state index in [2.05, 4.69) is 16.1 Å². The Labute approximate surface area is 139 Å². The normalized spacial score (nSPS) is 15.0. The number of nitrogens with zero attached hydrogens (tertiary/aromatic N) is 2. The molecule has 1 fully saturated rings. The number of piperazine rings is 1. The molecule has 1 aromatic rings. The van der Waals surface area contributed by atoms with Gasteiger partial charge in [0.05, 0.1) is 12.1 Å². The topological polar surface area (TPSA) is 52.6 Å². The Bertz CT molecular complexity index is 650. The minimum absolute atomic E-state index is 0.0739. The zero-order valence-electron chi connectivity index (χ0n) is 13.2. The van der Waals surface area contributed by atoms with E-state index in [4.69, 9.17) is 6.42 Å². The minimum atomic E-state index is -0.927. The number of benzene rings is 1. The quantitative estimate of drug-likeness (QED) is 0.812. The summed E-state index contributed by atoms with van der Waals surface area (Å²) in [6, 6.07) is 2.74. The standard InChI is InChI=1S/C17H19F2N3O2/c1-2-7-21-8-10-22(11-9-21)16(23)5-6-20-17(24)14-4-3-13(18)12-15(14)19/h1,3-4,12H,5-11H2,(H,20,24). The SMILES string of the molecule is C#CCN1CCN(C(=O)CCNC(=O)c2ccc(F)cc2F)CC1. The maximum absolute atomic E-state index is 13.5. The van der Waals surface area contributed by atoms with Crippen LogP contribution in [0, 0.1) is 24.0 Å². The molecule has 7 heteroatoms. The lowest BCUT2D eigenvalue weighted by molar-refractivity contribution is -0.132. The lowest BCUT2D eigenvalue weighted by Crippen LogP contribution is -2.49. The number of rotatable bonds is 5. The van der Waals surface area contributed by atoms with E-state index in [1.165, 1.54) is 0 Å². The third kappa shape index (κ3) is 4.77. The Morgan fingerprint density at radius 1 is 1.21 bits per heavy atom. The summed E-state index contributed by atoms with van der Waals surface area (Å²) in [7, 11) is 0. The van der Waals surface area contributed by atoms with Gasteiger partial charge in [-0.15, -0.1) is 6.42 Å². The number of hydrogen-bond acceptors (Lipinski definition) is 3. The molecule has 0 saturated carbocycles. The van der Waals surface area contributed by atoms with Crippen LogP contribution in [0.15, 0.2) is 18.2 Å². The summed E-state index contributed by atoms with van der Waals surface area (Å²) in [6.45, 7) is 3.31. The Kier molecular flexibility index (Phi) is 6.27. The summed E-state index contributed by atoms with van der Waals surface area (Å²) < 4.78 is 26.3. The molecule has 0 aliphatic carbocycles. The number of halogens is 2. The first kappa shape index (κ1) is 17.9. The molecule has 0 bridgehead atoms. The fraction of sp³-hybridized carbons (Fsp3) is 0.412. The smallest absolute Gasteiger partial charge is 0.254 e. The molecule has 0 aromatic heterocycles. The van der Waals surface area contributed by atoms with E-state index in [1.807, 2.05) is 0 Å². The number of terminal acetylenes is 1. The fourth-order valence-electron chi connectivity index (χ4n) is 2.49. The van der Waals surface area contributed by atoms with Gasteiger partial charge in [0.25, 0.3) is 5.91 Å². The molecular weight excluding hydrogens is 316 g/mol. The van der Waals surface area contributed by atoms with Crippen molar-refractivity contribution >= 4 is 11.8 Å². The second kappa shape index (κ2) is 8.41. The van der Waals surface area contributed by atoms with E-state index in [-0.39, 0.29) is 24.4 Å². The van der Waals surface area contributed by atoms with Crippen molar-refractivity contribution in [3.05, 3.63) is 35.4 Å². The highest BCUT2D eigenvalue weighted by Crippen LogP contribution is 2.09. The van der Waals surface area contributed by atoms with Crippen molar-refractivity contribution in [2.24, 2.45) is 0 Å². The van der Waals surface area contributed by atoms with Gasteiger partial charge in [0, 0.05) is 45.2 Å². The molecule has 0 atom stereocenters. The third-order valence-electron chi connectivity index (χ3n) is 3.84. The van der Waals surface area contributed by atoms with Crippen LogP contribution in [-0.2, 0) is 4.79 Å². The summed E-state index contributed by atoms with van der Waals surface area (Å²) in [6.07, 6.45) is 5.38. The molecule has 1 saturated heterocycles. The molecule has 128 valence electrons. The lowest BCUT2D eigenvalue weighted by Gasteiger charge is -2.33. The number of hydrogen-bond donors (Lipinski definition) is 1. The fourth-order valence-corrected chi connectivity index (χ4v) is 2.49. The molecular formula is C17H19F2N3O2. The van der Waals surface area contributed by atoms with Crippen LogP contribution in [0.3, 0.4) is 0 Å². The van der Waals surface area contributed by atoms with E-state index in [0.29, 0.717) is 25.7 Å². The lowest BCUT2D eigenvalue weighted by atomic mass is 10.2. The van der Waals surface area contributed by atoms with E-state index < -0.39 is 17.5 Å². The van der Waals surface area contributed by atoms with Gasteiger partial charge in [-0.05, 0) is 12.1 Å². The summed E-state index contributed by atoms with van der Waals surface area (Å²) in [5, 5.41) is 2.47. The van der Waals surface area contributed by atoms with E-state index in [1.54, 1.807) is 4.90 Å². The third-order valence-corrected chi connectivity index (χ3v) is 3.84. The number of carbonyl (C=O) groups is 2. The molecule has 2 rings (SSSR count). The van der Waals surface area contributed by atoms with Crippen LogP contribution in [0.4, 0.5) is 8.78 Å². The molecule has 5 nitrogen and oxygen atoms in total. The van der Waals surface area contributed by atoms with Gasteiger partial charge in [-0.25, -0.2) is 8.78 Å². The second-order valence-electron chi connectivity index (χ2n) is 5.49. The van der Waals surface area contributed by atoms with Crippen molar-refractivity contribution in [3.63, 3.8) is 0 Å². The first-order valence-electron chi connectivity index (χ1n) is 7.68. The van der Waals surface area contributed by atoms with Crippen molar-refractivity contribution in [3.8, 4) is 12.3 Å². The van der Waals surface area contributed by atoms with Crippen LogP contribution >= 0.6 is 0 Å². The molecule has 0 radical (unpaired) electrons. The largest absolute Gasteiger partial charge is 0.351 e. The first-order valence-corrected chi connectivity index (χ1v) is 7.68. The Morgan fingerprint density at radius 2 is 1.92 bits per heavy atom. The predicted molar refractivity (Wildman–Crippen MR) is 85.2 cm³/mol. The average Bonchev–Trinajstić information content (AvgIpc) is 2.55. The monoisotopic (exact) mass is 335 g/mol. The van der Waals surface area contributed by atoms with Gasteiger partial charge in [0.1, 0.15) is 11.6 Å².